The monoisotopic (exact) mass is 442 g/mol. The van der Waals surface area contributed by atoms with Crippen LogP contribution in [0.3, 0.4) is 0 Å². The molecule has 31 heavy (non-hydrogen) atoms. The molecule has 1 aliphatic rings. The third-order valence-corrected chi connectivity index (χ3v) is 6.00. The molecule has 0 unspecified atom stereocenters. The van der Waals surface area contributed by atoms with E-state index in [0.29, 0.717) is 32.5 Å². The van der Waals surface area contributed by atoms with Gasteiger partial charge in [0.25, 0.3) is 0 Å². The predicted molar refractivity (Wildman–Crippen MR) is 124 cm³/mol. The van der Waals surface area contributed by atoms with Gasteiger partial charge in [-0.25, -0.2) is 9.78 Å². The summed E-state index contributed by atoms with van der Waals surface area (Å²) in [5.74, 6) is 0.0381. The first-order valence-electron chi connectivity index (χ1n) is 10.9. The summed E-state index contributed by atoms with van der Waals surface area (Å²) in [5.41, 5.74) is 3.47. The van der Waals surface area contributed by atoms with Crippen molar-refractivity contribution in [3.63, 3.8) is 0 Å². The Morgan fingerprint density at radius 1 is 1.19 bits per heavy atom. The summed E-state index contributed by atoms with van der Waals surface area (Å²) in [4.78, 5) is 35.9. The summed E-state index contributed by atoms with van der Waals surface area (Å²) in [7, 11) is 0. The molecule has 0 saturated carbocycles. The molecule has 0 aromatic carbocycles. The maximum Gasteiger partial charge on any atom is 0.410 e. The Balaban J connectivity index is 1.62. The predicted octanol–water partition coefficient (Wildman–Crippen LogP) is 5.36. The summed E-state index contributed by atoms with van der Waals surface area (Å²) in [6.45, 7) is 5.73. The molecule has 0 spiro atoms. The van der Waals surface area contributed by atoms with Gasteiger partial charge in [-0.15, -0.1) is 11.3 Å². The standard InChI is InChI=1S/C23H30N4O3S/c1-3-5-7-22(28)25-18-13-21(31-16-18)20-15-24-14-19(26-20)17-8-10-27(11-9-17)23(29)30-12-6-4-2/h8,13-16H,3-7,9-12H2,1-2H3,(H,25,28). The van der Waals surface area contributed by atoms with Crippen molar-refractivity contribution in [1.29, 1.82) is 0 Å². The van der Waals surface area contributed by atoms with E-state index in [-0.39, 0.29) is 12.0 Å². The van der Waals surface area contributed by atoms with Gasteiger partial charge in [-0.3, -0.25) is 9.78 Å². The molecule has 8 heteroatoms. The highest BCUT2D eigenvalue weighted by molar-refractivity contribution is 7.14. The number of hydrogen-bond acceptors (Lipinski definition) is 6. The SMILES string of the molecule is CCCCOC(=O)N1CC=C(c2cncc(-c3cc(NC(=O)CCCC)cs3)n2)CC1. The van der Waals surface area contributed by atoms with Crippen molar-refractivity contribution >= 4 is 34.6 Å². The van der Waals surface area contributed by atoms with Crippen LogP contribution in [0.4, 0.5) is 10.5 Å². The third kappa shape index (κ3) is 6.62. The first-order chi connectivity index (χ1) is 15.1. The van der Waals surface area contributed by atoms with Crippen molar-refractivity contribution in [2.75, 3.05) is 25.0 Å². The van der Waals surface area contributed by atoms with E-state index >= 15 is 0 Å². The number of unbranched alkanes of at least 4 members (excludes halogenated alkanes) is 2. The minimum atomic E-state index is -0.254. The van der Waals surface area contributed by atoms with Crippen LogP contribution in [0, 0.1) is 0 Å². The minimum Gasteiger partial charge on any atom is -0.449 e. The van der Waals surface area contributed by atoms with Crippen LogP contribution in [0.25, 0.3) is 16.1 Å². The highest BCUT2D eigenvalue weighted by Crippen LogP contribution is 2.30. The van der Waals surface area contributed by atoms with Crippen LogP contribution >= 0.6 is 11.3 Å². The van der Waals surface area contributed by atoms with E-state index in [0.717, 1.165) is 53.2 Å². The summed E-state index contributed by atoms with van der Waals surface area (Å²) < 4.78 is 5.29. The Morgan fingerprint density at radius 2 is 2.00 bits per heavy atom. The molecular formula is C23H30N4O3S. The van der Waals surface area contributed by atoms with Crippen LogP contribution in [0.15, 0.2) is 29.9 Å². The summed E-state index contributed by atoms with van der Waals surface area (Å²) in [6.07, 6.45) is 10.3. The number of amides is 2. The van der Waals surface area contributed by atoms with Gasteiger partial charge in [-0.1, -0.05) is 32.8 Å². The lowest BCUT2D eigenvalue weighted by Gasteiger charge is -2.25. The molecule has 3 rings (SSSR count). The summed E-state index contributed by atoms with van der Waals surface area (Å²) >= 11 is 1.53. The topological polar surface area (TPSA) is 84.4 Å². The number of carbonyl (C=O) groups is 2. The fraction of sp³-hybridized carbons (Fsp3) is 0.478. The molecule has 0 radical (unpaired) electrons. The van der Waals surface area contributed by atoms with E-state index in [4.69, 9.17) is 9.72 Å². The first kappa shape index (κ1) is 22.9. The first-order valence-corrected chi connectivity index (χ1v) is 11.8. The number of nitrogens with zero attached hydrogens (tertiary/aromatic N) is 3. The van der Waals surface area contributed by atoms with E-state index in [1.165, 1.54) is 11.3 Å². The number of nitrogens with one attached hydrogen (secondary N) is 1. The average molecular weight is 443 g/mol. The van der Waals surface area contributed by atoms with Crippen molar-refractivity contribution in [1.82, 2.24) is 14.9 Å². The second-order valence-electron chi connectivity index (χ2n) is 7.53. The molecule has 2 aromatic heterocycles. The Hall–Kier alpha value is -2.74. The van der Waals surface area contributed by atoms with Crippen molar-refractivity contribution in [3.05, 3.63) is 35.6 Å². The molecule has 0 bridgehead atoms. The highest BCUT2D eigenvalue weighted by atomic mass is 32.1. The van der Waals surface area contributed by atoms with E-state index < -0.39 is 0 Å². The normalized spacial score (nSPS) is 13.6. The van der Waals surface area contributed by atoms with Crippen molar-refractivity contribution in [2.45, 2.75) is 52.4 Å². The smallest absolute Gasteiger partial charge is 0.410 e. The van der Waals surface area contributed by atoms with Gasteiger partial charge in [0.05, 0.1) is 41.0 Å². The maximum absolute atomic E-state index is 12.1. The van der Waals surface area contributed by atoms with Gasteiger partial charge < -0.3 is 15.0 Å². The lowest BCUT2D eigenvalue weighted by atomic mass is 10.1. The lowest BCUT2D eigenvalue weighted by Crippen LogP contribution is -2.35. The van der Waals surface area contributed by atoms with Gasteiger partial charge in [0, 0.05) is 24.9 Å². The fourth-order valence-electron chi connectivity index (χ4n) is 3.20. The van der Waals surface area contributed by atoms with Gasteiger partial charge in [0.2, 0.25) is 5.91 Å². The van der Waals surface area contributed by atoms with E-state index in [9.17, 15) is 9.59 Å². The molecule has 1 N–H and O–H groups in total. The number of thiophene rings is 1. The Labute approximate surface area is 187 Å². The van der Waals surface area contributed by atoms with E-state index in [1.807, 2.05) is 17.5 Å². The van der Waals surface area contributed by atoms with Crippen LogP contribution in [-0.4, -0.2) is 46.6 Å². The van der Waals surface area contributed by atoms with Crippen molar-refractivity contribution < 1.29 is 14.3 Å². The summed E-state index contributed by atoms with van der Waals surface area (Å²) in [6, 6.07) is 1.94. The van der Waals surface area contributed by atoms with Gasteiger partial charge in [-0.2, -0.15) is 0 Å². The highest BCUT2D eigenvalue weighted by Gasteiger charge is 2.20. The van der Waals surface area contributed by atoms with Crippen LogP contribution in [0.5, 0.6) is 0 Å². The summed E-state index contributed by atoms with van der Waals surface area (Å²) in [5, 5.41) is 4.87. The van der Waals surface area contributed by atoms with Gasteiger partial charge in [-0.05, 0) is 30.9 Å². The number of aromatic nitrogens is 2. The van der Waals surface area contributed by atoms with Gasteiger partial charge in [0.1, 0.15) is 0 Å². The minimum absolute atomic E-state index is 0.0381. The molecule has 0 atom stereocenters. The zero-order chi connectivity index (χ0) is 22.1. The molecule has 7 nitrogen and oxygen atoms in total. The number of carbonyl (C=O) groups excluding carboxylic acids is 2. The fourth-order valence-corrected chi connectivity index (χ4v) is 3.99. The molecule has 2 amide bonds. The second-order valence-corrected chi connectivity index (χ2v) is 8.45. The molecule has 1 aliphatic heterocycles. The third-order valence-electron chi connectivity index (χ3n) is 5.05. The number of ether oxygens (including phenoxy) is 1. The van der Waals surface area contributed by atoms with Gasteiger partial charge in [0.15, 0.2) is 0 Å². The zero-order valence-corrected chi connectivity index (χ0v) is 19.0. The Bertz CT molecular complexity index is 925. The van der Waals surface area contributed by atoms with Crippen LogP contribution in [-0.2, 0) is 9.53 Å². The van der Waals surface area contributed by atoms with Crippen molar-refractivity contribution in [3.8, 4) is 10.6 Å². The van der Waals surface area contributed by atoms with Crippen LogP contribution in [0.1, 0.15) is 58.1 Å². The molecule has 166 valence electrons. The molecule has 0 saturated heterocycles. The van der Waals surface area contributed by atoms with E-state index in [1.54, 1.807) is 17.3 Å². The Kier molecular flexibility index (Phi) is 8.58. The maximum atomic E-state index is 12.1. The van der Waals surface area contributed by atoms with Gasteiger partial charge >= 0.3 is 6.09 Å². The van der Waals surface area contributed by atoms with Crippen LogP contribution in [0.2, 0.25) is 0 Å². The number of anilines is 1. The molecule has 0 fully saturated rings. The quantitative estimate of drug-likeness (QED) is 0.529. The van der Waals surface area contributed by atoms with E-state index in [2.05, 4.69) is 24.1 Å². The molecular weight excluding hydrogens is 412 g/mol. The number of hydrogen-bond donors (Lipinski definition) is 1. The molecule has 3 heterocycles. The second kappa shape index (κ2) is 11.6. The van der Waals surface area contributed by atoms with Crippen molar-refractivity contribution in [2.24, 2.45) is 0 Å². The average Bonchev–Trinajstić information content (AvgIpc) is 3.26. The Morgan fingerprint density at radius 3 is 2.74 bits per heavy atom. The molecule has 2 aromatic rings. The molecule has 0 aliphatic carbocycles. The lowest BCUT2D eigenvalue weighted by molar-refractivity contribution is -0.116. The zero-order valence-electron chi connectivity index (χ0n) is 18.2. The largest absolute Gasteiger partial charge is 0.449 e. The van der Waals surface area contributed by atoms with Crippen LogP contribution < -0.4 is 5.32 Å². The number of rotatable bonds is 9.